The summed E-state index contributed by atoms with van der Waals surface area (Å²) in [7, 11) is 0. The highest BCUT2D eigenvalue weighted by Crippen LogP contribution is 2.26. The Labute approximate surface area is 116 Å². The van der Waals surface area contributed by atoms with Gasteiger partial charge in [0, 0.05) is 17.0 Å². The fourth-order valence-electron chi connectivity index (χ4n) is 2.38. The van der Waals surface area contributed by atoms with Crippen molar-refractivity contribution in [3.8, 4) is 0 Å². The third-order valence-electron chi connectivity index (χ3n) is 3.42. The fraction of sp³-hybridized carbons (Fsp3) is 0.267. The number of thiophene rings is 1. The summed E-state index contributed by atoms with van der Waals surface area (Å²) < 4.78 is 0. The van der Waals surface area contributed by atoms with E-state index in [0.29, 0.717) is 0 Å². The van der Waals surface area contributed by atoms with Crippen LogP contribution in [0.25, 0.3) is 0 Å². The van der Waals surface area contributed by atoms with Crippen molar-refractivity contribution in [2.24, 2.45) is 0 Å². The molecular weight excluding hydrogens is 256 g/mol. The first kappa shape index (κ1) is 12.2. The molecule has 0 aliphatic carbocycles. The number of fused-ring (bicyclic) bond motifs is 1. The molecule has 0 spiro atoms. The van der Waals surface area contributed by atoms with Gasteiger partial charge in [-0.15, -0.1) is 11.3 Å². The third-order valence-corrected chi connectivity index (χ3v) is 4.47. The summed E-state index contributed by atoms with van der Waals surface area (Å²) in [5.41, 5.74) is 2.29. The second-order valence-electron chi connectivity index (χ2n) is 4.80. The largest absolute Gasteiger partial charge is 0.373 e. The number of rotatable bonds is 3. The van der Waals surface area contributed by atoms with E-state index >= 15 is 0 Å². The summed E-state index contributed by atoms with van der Waals surface area (Å²) in [5.74, 6) is 0.0668. The summed E-state index contributed by atoms with van der Waals surface area (Å²) >= 11 is 1.67. The van der Waals surface area contributed by atoms with E-state index in [1.165, 1.54) is 10.4 Å². The Balaban J connectivity index is 1.64. The molecule has 2 N–H and O–H groups in total. The molecule has 0 bridgehead atoms. The van der Waals surface area contributed by atoms with Gasteiger partial charge in [0.15, 0.2) is 0 Å². The monoisotopic (exact) mass is 272 g/mol. The van der Waals surface area contributed by atoms with E-state index in [-0.39, 0.29) is 18.0 Å². The molecular formula is C15H16N2OS. The zero-order valence-electron chi connectivity index (χ0n) is 10.7. The van der Waals surface area contributed by atoms with Gasteiger partial charge in [0.1, 0.15) is 6.04 Å². The normalized spacial score (nSPS) is 18.5. The Morgan fingerprint density at radius 1 is 1.37 bits per heavy atom. The minimum Gasteiger partial charge on any atom is -0.373 e. The number of carbonyl (C=O) groups excluding carboxylic acids is 1. The van der Waals surface area contributed by atoms with Crippen molar-refractivity contribution in [2.75, 3.05) is 5.32 Å². The Bertz CT molecular complexity index is 555. The smallest absolute Gasteiger partial charge is 0.243 e. The SMILES string of the molecule is C[C@H](NC(=O)[C@@H]1Cc2ccccc2N1)c1cccs1. The summed E-state index contributed by atoms with van der Waals surface area (Å²) in [4.78, 5) is 13.4. The standard InChI is InChI=1S/C15H16N2OS/c1-10(14-7-4-8-19-14)16-15(18)13-9-11-5-2-3-6-12(11)17-13/h2-8,10,13,17H,9H2,1H3,(H,16,18)/t10-,13-/m0/s1. The van der Waals surface area contributed by atoms with Gasteiger partial charge in [-0.3, -0.25) is 4.79 Å². The van der Waals surface area contributed by atoms with Crippen molar-refractivity contribution in [2.45, 2.75) is 25.4 Å². The second-order valence-corrected chi connectivity index (χ2v) is 5.78. The quantitative estimate of drug-likeness (QED) is 0.902. The molecule has 0 saturated carbocycles. The predicted octanol–water partition coefficient (Wildman–Crippen LogP) is 2.96. The Morgan fingerprint density at radius 3 is 2.95 bits per heavy atom. The first-order valence-corrected chi connectivity index (χ1v) is 7.30. The van der Waals surface area contributed by atoms with Gasteiger partial charge in [0.2, 0.25) is 5.91 Å². The maximum atomic E-state index is 12.3. The lowest BCUT2D eigenvalue weighted by atomic mass is 10.1. The van der Waals surface area contributed by atoms with Gasteiger partial charge in [0.05, 0.1) is 6.04 Å². The first-order chi connectivity index (χ1) is 9.24. The number of para-hydroxylation sites is 1. The molecule has 3 rings (SSSR count). The minimum absolute atomic E-state index is 0.0668. The third kappa shape index (κ3) is 2.49. The summed E-state index contributed by atoms with van der Waals surface area (Å²) in [6.45, 7) is 2.02. The summed E-state index contributed by atoms with van der Waals surface area (Å²) in [6, 6.07) is 12.1. The number of nitrogens with one attached hydrogen (secondary N) is 2. The number of hydrogen-bond acceptors (Lipinski definition) is 3. The zero-order valence-corrected chi connectivity index (χ0v) is 11.5. The lowest BCUT2D eigenvalue weighted by molar-refractivity contribution is -0.122. The van der Waals surface area contributed by atoms with E-state index in [1.807, 2.05) is 42.6 Å². The summed E-state index contributed by atoms with van der Waals surface area (Å²) in [5, 5.41) is 8.37. The molecule has 1 amide bonds. The van der Waals surface area contributed by atoms with Crippen LogP contribution in [0.3, 0.4) is 0 Å². The van der Waals surface area contributed by atoms with Crippen LogP contribution in [0.1, 0.15) is 23.4 Å². The molecule has 1 aliphatic heterocycles. The van der Waals surface area contributed by atoms with E-state index in [4.69, 9.17) is 0 Å². The van der Waals surface area contributed by atoms with Crippen LogP contribution < -0.4 is 10.6 Å². The van der Waals surface area contributed by atoms with E-state index in [0.717, 1.165) is 12.1 Å². The number of anilines is 1. The van der Waals surface area contributed by atoms with E-state index in [1.54, 1.807) is 11.3 Å². The maximum Gasteiger partial charge on any atom is 0.243 e. The highest BCUT2D eigenvalue weighted by molar-refractivity contribution is 7.10. The molecule has 2 atom stereocenters. The molecule has 2 aromatic rings. The van der Waals surface area contributed by atoms with Gasteiger partial charge in [-0.05, 0) is 30.0 Å². The average Bonchev–Trinajstić information content (AvgIpc) is 3.07. The van der Waals surface area contributed by atoms with Crippen LogP contribution in [-0.2, 0) is 11.2 Å². The molecule has 1 aromatic carbocycles. The van der Waals surface area contributed by atoms with E-state index in [9.17, 15) is 4.79 Å². The van der Waals surface area contributed by atoms with E-state index in [2.05, 4.69) is 16.7 Å². The van der Waals surface area contributed by atoms with Gasteiger partial charge >= 0.3 is 0 Å². The highest BCUT2D eigenvalue weighted by Gasteiger charge is 2.27. The van der Waals surface area contributed by atoms with Crippen molar-refractivity contribution in [3.63, 3.8) is 0 Å². The highest BCUT2D eigenvalue weighted by atomic mass is 32.1. The van der Waals surface area contributed by atoms with Crippen molar-refractivity contribution in [1.82, 2.24) is 5.32 Å². The van der Waals surface area contributed by atoms with Gasteiger partial charge in [-0.25, -0.2) is 0 Å². The van der Waals surface area contributed by atoms with Crippen molar-refractivity contribution < 1.29 is 4.79 Å². The van der Waals surface area contributed by atoms with Crippen LogP contribution >= 0.6 is 11.3 Å². The van der Waals surface area contributed by atoms with Crippen molar-refractivity contribution in [1.29, 1.82) is 0 Å². The Kier molecular flexibility index (Phi) is 3.25. The Morgan fingerprint density at radius 2 is 2.21 bits per heavy atom. The van der Waals surface area contributed by atoms with E-state index < -0.39 is 0 Å². The van der Waals surface area contributed by atoms with Gasteiger partial charge in [-0.1, -0.05) is 24.3 Å². The van der Waals surface area contributed by atoms with Crippen LogP contribution in [0.5, 0.6) is 0 Å². The summed E-state index contributed by atoms with van der Waals surface area (Å²) in [6.07, 6.45) is 0.763. The molecule has 1 aliphatic rings. The Hall–Kier alpha value is -1.81. The predicted molar refractivity (Wildman–Crippen MR) is 78.4 cm³/mol. The molecule has 2 heterocycles. The molecule has 19 heavy (non-hydrogen) atoms. The van der Waals surface area contributed by atoms with Gasteiger partial charge in [-0.2, -0.15) is 0 Å². The van der Waals surface area contributed by atoms with Gasteiger partial charge in [0.25, 0.3) is 0 Å². The lowest BCUT2D eigenvalue weighted by Gasteiger charge is -2.16. The number of hydrogen-bond donors (Lipinski definition) is 2. The molecule has 0 unspecified atom stereocenters. The van der Waals surface area contributed by atoms with Gasteiger partial charge < -0.3 is 10.6 Å². The number of benzene rings is 1. The molecule has 4 heteroatoms. The molecule has 0 radical (unpaired) electrons. The minimum atomic E-state index is -0.153. The maximum absolute atomic E-state index is 12.3. The molecule has 0 saturated heterocycles. The van der Waals surface area contributed by atoms with Crippen LogP contribution in [0.4, 0.5) is 5.69 Å². The van der Waals surface area contributed by atoms with Crippen LogP contribution in [0, 0.1) is 0 Å². The first-order valence-electron chi connectivity index (χ1n) is 6.42. The lowest BCUT2D eigenvalue weighted by Crippen LogP contribution is -2.39. The molecule has 98 valence electrons. The van der Waals surface area contributed by atoms with Crippen molar-refractivity contribution >= 4 is 22.9 Å². The second kappa shape index (κ2) is 5.05. The molecule has 3 nitrogen and oxygen atoms in total. The van der Waals surface area contributed by atoms with Crippen LogP contribution in [0.2, 0.25) is 0 Å². The molecule has 1 aromatic heterocycles. The van der Waals surface area contributed by atoms with Crippen LogP contribution in [-0.4, -0.2) is 11.9 Å². The fourth-order valence-corrected chi connectivity index (χ4v) is 3.11. The number of carbonyl (C=O) groups is 1. The molecule has 0 fully saturated rings. The van der Waals surface area contributed by atoms with Crippen LogP contribution in [0.15, 0.2) is 41.8 Å². The zero-order chi connectivity index (χ0) is 13.2. The topological polar surface area (TPSA) is 41.1 Å². The van der Waals surface area contributed by atoms with Crippen molar-refractivity contribution in [3.05, 3.63) is 52.2 Å². The number of amides is 1. The average molecular weight is 272 g/mol.